The minimum atomic E-state index is 1.10. The highest BCUT2D eigenvalue weighted by Crippen LogP contribution is 2.45. The number of para-hydroxylation sites is 1. The van der Waals surface area contributed by atoms with Gasteiger partial charge < -0.3 is 9.47 Å². The lowest BCUT2D eigenvalue weighted by molar-refractivity contribution is 1.19. The molecule has 10 aromatic carbocycles. The van der Waals surface area contributed by atoms with Crippen molar-refractivity contribution in [3.63, 3.8) is 0 Å². The average Bonchev–Trinajstić information content (AvgIpc) is 3.84. The van der Waals surface area contributed by atoms with Crippen molar-refractivity contribution in [2.45, 2.75) is 0 Å². The lowest BCUT2D eigenvalue weighted by Gasteiger charge is -2.27. The van der Waals surface area contributed by atoms with Crippen molar-refractivity contribution in [3.8, 4) is 27.9 Å². The Morgan fingerprint density at radius 3 is 1.86 bits per heavy atom. The van der Waals surface area contributed by atoms with Crippen LogP contribution in [-0.2, 0) is 0 Å². The third-order valence-electron chi connectivity index (χ3n) is 11.9. The average molecular weight is 769 g/mol. The molecule has 0 aliphatic carbocycles. The summed E-state index contributed by atoms with van der Waals surface area (Å²) in [6, 6.07) is 80.0. The summed E-state index contributed by atoms with van der Waals surface area (Å²) in [5.74, 6) is 0. The Labute approximate surface area is 346 Å². The van der Waals surface area contributed by atoms with E-state index in [0.29, 0.717) is 0 Å². The summed E-state index contributed by atoms with van der Waals surface area (Å²) < 4.78 is 5.07. The molecule has 0 saturated heterocycles. The fraction of sp³-hybridized carbons (Fsp3) is 0. The molecular formula is C56H36N2S. The molecule has 12 rings (SSSR count). The Balaban J connectivity index is 1.07. The van der Waals surface area contributed by atoms with E-state index in [-0.39, 0.29) is 0 Å². The first kappa shape index (κ1) is 33.7. The maximum Gasteiger partial charge on any atom is 0.0547 e. The second-order valence-electron chi connectivity index (χ2n) is 15.3. The predicted molar refractivity (Wildman–Crippen MR) is 254 cm³/mol. The molecule has 2 nitrogen and oxygen atoms in total. The fourth-order valence-corrected chi connectivity index (χ4v) is 10.4. The van der Waals surface area contributed by atoms with Crippen molar-refractivity contribution in [3.05, 3.63) is 218 Å². The first-order valence-corrected chi connectivity index (χ1v) is 21.0. The number of nitrogens with zero attached hydrogens (tertiary/aromatic N) is 2. The quantitative estimate of drug-likeness (QED) is 0.164. The van der Waals surface area contributed by atoms with Crippen LogP contribution in [0.1, 0.15) is 0 Å². The largest absolute Gasteiger partial charge is 0.310 e. The molecule has 0 bridgehead atoms. The molecule has 0 unspecified atom stereocenters. The fourth-order valence-electron chi connectivity index (χ4n) is 9.16. The zero-order chi connectivity index (χ0) is 38.9. The molecule has 0 N–H and O–H groups in total. The van der Waals surface area contributed by atoms with Crippen LogP contribution in [0.3, 0.4) is 0 Å². The van der Waals surface area contributed by atoms with Gasteiger partial charge in [0.15, 0.2) is 0 Å². The number of anilines is 3. The number of hydrogen-bond acceptors (Lipinski definition) is 2. The third kappa shape index (κ3) is 5.55. The molecule has 59 heavy (non-hydrogen) atoms. The van der Waals surface area contributed by atoms with E-state index >= 15 is 0 Å². The summed E-state index contributed by atoms with van der Waals surface area (Å²) in [6.45, 7) is 0. The minimum absolute atomic E-state index is 1.10. The summed E-state index contributed by atoms with van der Waals surface area (Å²) in [5, 5.41) is 10.0. The maximum atomic E-state index is 2.48. The molecule has 0 aliphatic rings. The van der Waals surface area contributed by atoms with Gasteiger partial charge in [0.05, 0.1) is 16.7 Å². The SMILES string of the molecule is c1ccc(-c2cccc(N(c3ccc(-c4cc(-n5c6ccccc6c6cc7ccccc7cc65)cc5c4sc4ccccc45)cc3)c3cccc4ccccc34)c2)cc1. The number of benzene rings is 10. The van der Waals surface area contributed by atoms with Crippen molar-refractivity contribution < 1.29 is 0 Å². The Kier molecular flexibility index (Phi) is 7.75. The first-order valence-electron chi connectivity index (χ1n) is 20.2. The zero-order valence-electron chi connectivity index (χ0n) is 32.1. The van der Waals surface area contributed by atoms with Crippen molar-refractivity contribution in [1.29, 1.82) is 0 Å². The molecule has 0 radical (unpaired) electrons. The summed E-state index contributed by atoms with van der Waals surface area (Å²) in [7, 11) is 0. The number of rotatable bonds is 6. The smallest absolute Gasteiger partial charge is 0.0547 e. The van der Waals surface area contributed by atoms with Gasteiger partial charge in [-0.3, -0.25) is 0 Å². The number of fused-ring (bicyclic) bond motifs is 8. The highest BCUT2D eigenvalue weighted by molar-refractivity contribution is 7.26. The molecule has 2 aromatic heterocycles. The van der Waals surface area contributed by atoms with E-state index in [1.165, 1.54) is 85.8 Å². The summed E-state index contributed by atoms with van der Waals surface area (Å²) in [4.78, 5) is 2.41. The molecule has 0 atom stereocenters. The Morgan fingerprint density at radius 1 is 0.356 bits per heavy atom. The van der Waals surface area contributed by atoms with Crippen LogP contribution < -0.4 is 4.90 Å². The van der Waals surface area contributed by atoms with Gasteiger partial charge in [-0.1, -0.05) is 152 Å². The van der Waals surface area contributed by atoms with E-state index in [1.54, 1.807) is 0 Å². The van der Waals surface area contributed by atoms with Crippen LogP contribution in [-0.4, -0.2) is 4.57 Å². The van der Waals surface area contributed by atoms with E-state index in [1.807, 2.05) is 11.3 Å². The molecule has 0 fully saturated rings. The maximum absolute atomic E-state index is 2.48. The van der Waals surface area contributed by atoms with Gasteiger partial charge in [-0.15, -0.1) is 11.3 Å². The van der Waals surface area contributed by atoms with Gasteiger partial charge in [0.2, 0.25) is 0 Å². The van der Waals surface area contributed by atoms with Crippen LogP contribution in [0.2, 0.25) is 0 Å². The second kappa shape index (κ2) is 13.6. The second-order valence-corrected chi connectivity index (χ2v) is 16.4. The van der Waals surface area contributed by atoms with Crippen molar-refractivity contribution in [2.24, 2.45) is 0 Å². The molecular weight excluding hydrogens is 733 g/mol. The lowest BCUT2D eigenvalue weighted by Crippen LogP contribution is -2.10. The highest BCUT2D eigenvalue weighted by Gasteiger charge is 2.20. The Morgan fingerprint density at radius 2 is 1.02 bits per heavy atom. The standard InChI is InChI=1S/C56H36N2S/c1-2-14-37(15-3-1)40-20-12-21-44(32-40)57(52-26-13-19-38-16-6-7-22-46(38)52)43-30-28-39(29-31-43)49-35-45(36-51-48-24-9-11-27-55(48)59-56(49)51)58-53-25-10-8-23-47(53)50-33-41-17-4-5-18-42(41)34-54(50)58/h1-36H. The van der Waals surface area contributed by atoms with Crippen LogP contribution in [0, 0.1) is 0 Å². The van der Waals surface area contributed by atoms with Crippen molar-refractivity contribution in [2.75, 3.05) is 4.90 Å². The molecule has 3 heteroatoms. The summed E-state index contributed by atoms with van der Waals surface area (Å²) in [5.41, 5.74) is 11.8. The summed E-state index contributed by atoms with van der Waals surface area (Å²) >= 11 is 1.88. The van der Waals surface area contributed by atoms with Crippen molar-refractivity contribution in [1.82, 2.24) is 4.57 Å². The predicted octanol–water partition coefficient (Wildman–Crippen LogP) is 16.3. The van der Waals surface area contributed by atoms with Gasteiger partial charge in [-0.25, -0.2) is 0 Å². The molecule has 0 aliphatic heterocycles. The van der Waals surface area contributed by atoms with Gasteiger partial charge in [0.25, 0.3) is 0 Å². The van der Waals surface area contributed by atoms with Gasteiger partial charge in [-0.2, -0.15) is 0 Å². The highest BCUT2D eigenvalue weighted by atomic mass is 32.1. The van der Waals surface area contributed by atoms with Gasteiger partial charge >= 0.3 is 0 Å². The van der Waals surface area contributed by atoms with Crippen LogP contribution in [0.5, 0.6) is 0 Å². The molecule has 0 saturated carbocycles. The Bertz CT molecular complexity index is 3550. The van der Waals surface area contributed by atoms with E-state index in [2.05, 4.69) is 228 Å². The Hall–Kier alpha value is -7.46. The van der Waals surface area contributed by atoms with Crippen LogP contribution >= 0.6 is 11.3 Å². The molecule has 2 heterocycles. The topological polar surface area (TPSA) is 8.17 Å². The van der Waals surface area contributed by atoms with Gasteiger partial charge in [0, 0.05) is 59.0 Å². The molecule has 0 amide bonds. The van der Waals surface area contributed by atoms with Crippen molar-refractivity contribution >= 4 is 91.9 Å². The van der Waals surface area contributed by atoms with Crippen LogP contribution in [0.15, 0.2) is 218 Å². The normalized spacial score (nSPS) is 11.7. The molecule has 0 spiro atoms. The van der Waals surface area contributed by atoms with Gasteiger partial charge in [-0.05, 0) is 99.6 Å². The van der Waals surface area contributed by atoms with E-state index in [0.717, 1.165) is 22.7 Å². The molecule has 276 valence electrons. The summed E-state index contributed by atoms with van der Waals surface area (Å²) in [6.07, 6.45) is 0. The van der Waals surface area contributed by atoms with Crippen LogP contribution in [0.25, 0.3) is 91.5 Å². The lowest BCUT2D eigenvalue weighted by atomic mass is 10.00. The third-order valence-corrected chi connectivity index (χ3v) is 13.1. The van der Waals surface area contributed by atoms with E-state index in [9.17, 15) is 0 Å². The molecule has 12 aromatic rings. The van der Waals surface area contributed by atoms with E-state index < -0.39 is 0 Å². The minimum Gasteiger partial charge on any atom is -0.310 e. The number of aromatic nitrogens is 1. The van der Waals surface area contributed by atoms with Crippen LogP contribution in [0.4, 0.5) is 17.1 Å². The zero-order valence-corrected chi connectivity index (χ0v) is 32.9. The first-order chi connectivity index (χ1) is 29.2. The monoisotopic (exact) mass is 768 g/mol. The number of thiophene rings is 1. The number of hydrogen-bond donors (Lipinski definition) is 0. The van der Waals surface area contributed by atoms with Gasteiger partial charge in [0.1, 0.15) is 0 Å². The van der Waals surface area contributed by atoms with E-state index in [4.69, 9.17) is 0 Å².